The molecule has 7 nitrogen and oxygen atoms in total. The van der Waals surface area contributed by atoms with Gasteiger partial charge >= 0.3 is 6.18 Å². The first-order valence-electron chi connectivity index (χ1n) is 6.74. The minimum absolute atomic E-state index is 0.170. The van der Waals surface area contributed by atoms with Crippen LogP contribution in [0.1, 0.15) is 5.69 Å². The van der Waals surface area contributed by atoms with E-state index >= 15 is 0 Å². The highest BCUT2D eigenvalue weighted by Gasteiger charge is 2.35. The molecule has 0 unspecified atom stereocenters. The van der Waals surface area contributed by atoms with Crippen molar-refractivity contribution in [2.75, 3.05) is 38.4 Å². The van der Waals surface area contributed by atoms with Crippen LogP contribution in [0.4, 0.5) is 19.1 Å². The molecule has 130 valence electrons. The first-order chi connectivity index (χ1) is 10.6. The summed E-state index contributed by atoms with van der Waals surface area (Å²) in [5.74, 6) is -0.778. The van der Waals surface area contributed by atoms with Gasteiger partial charge in [0.2, 0.25) is 16.0 Å². The van der Waals surface area contributed by atoms with Crippen LogP contribution in [0, 0.1) is 5.92 Å². The molecule has 2 atom stereocenters. The van der Waals surface area contributed by atoms with Crippen LogP contribution in [0.3, 0.4) is 0 Å². The Hall–Kier alpha value is -1.46. The maximum Gasteiger partial charge on any atom is 0.433 e. The summed E-state index contributed by atoms with van der Waals surface area (Å²) in [5, 5.41) is 2.73. The molecule has 11 heteroatoms. The number of ether oxygens (including phenoxy) is 1. The lowest BCUT2D eigenvalue weighted by molar-refractivity contribution is -0.141. The van der Waals surface area contributed by atoms with Crippen molar-refractivity contribution in [1.82, 2.24) is 14.3 Å². The molecule has 0 saturated carbocycles. The lowest BCUT2D eigenvalue weighted by Gasteiger charge is -2.21. The van der Waals surface area contributed by atoms with Crippen LogP contribution in [0.5, 0.6) is 0 Å². The van der Waals surface area contributed by atoms with Gasteiger partial charge < -0.3 is 10.1 Å². The molecule has 0 bridgehead atoms. The molecule has 0 aliphatic carbocycles. The summed E-state index contributed by atoms with van der Waals surface area (Å²) in [6, 6.07) is 0.290. The molecule has 0 aromatic carbocycles. The molecular formula is C12H17F3N4O3S. The van der Waals surface area contributed by atoms with Gasteiger partial charge in [-0.25, -0.2) is 22.7 Å². The van der Waals surface area contributed by atoms with Gasteiger partial charge in [-0.3, -0.25) is 0 Å². The first-order valence-corrected chi connectivity index (χ1v) is 8.35. The molecule has 2 rings (SSSR count). The van der Waals surface area contributed by atoms with Crippen LogP contribution in [0.2, 0.25) is 0 Å². The Bertz CT molecular complexity index is 651. The van der Waals surface area contributed by atoms with Gasteiger partial charge in [-0.2, -0.15) is 13.2 Å². The zero-order chi connectivity index (χ0) is 17.3. The third kappa shape index (κ3) is 4.52. The van der Waals surface area contributed by atoms with Gasteiger partial charge in [0, 0.05) is 26.2 Å². The number of anilines is 1. The van der Waals surface area contributed by atoms with E-state index in [1.54, 1.807) is 0 Å². The summed E-state index contributed by atoms with van der Waals surface area (Å²) in [6.45, 7) is 0.372. The number of nitrogens with one attached hydrogen (secondary N) is 1. The van der Waals surface area contributed by atoms with Gasteiger partial charge in [0.15, 0.2) is 0 Å². The van der Waals surface area contributed by atoms with E-state index in [2.05, 4.69) is 15.3 Å². The first kappa shape index (κ1) is 17.9. The fourth-order valence-corrected chi connectivity index (χ4v) is 3.26. The van der Waals surface area contributed by atoms with E-state index in [1.807, 2.05) is 0 Å². The van der Waals surface area contributed by atoms with Crippen LogP contribution in [0.25, 0.3) is 0 Å². The molecule has 1 aliphatic heterocycles. The molecule has 1 aromatic rings. The van der Waals surface area contributed by atoms with E-state index in [9.17, 15) is 21.6 Å². The SMILES string of the molecule is CN(C)S(=O)(=O)C[C@@H]1COC[C@@H]1Nc1nccc(C(F)(F)F)n1. The molecule has 1 N–H and O–H groups in total. The highest BCUT2D eigenvalue weighted by molar-refractivity contribution is 7.89. The van der Waals surface area contributed by atoms with Crippen LogP contribution in [0.15, 0.2) is 12.3 Å². The number of alkyl halides is 3. The summed E-state index contributed by atoms with van der Waals surface area (Å²) in [6.07, 6.45) is -3.57. The van der Waals surface area contributed by atoms with Crippen molar-refractivity contribution >= 4 is 16.0 Å². The van der Waals surface area contributed by atoms with Crippen LogP contribution in [-0.2, 0) is 20.9 Å². The van der Waals surface area contributed by atoms with Crippen molar-refractivity contribution in [2.24, 2.45) is 5.92 Å². The van der Waals surface area contributed by atoms with Crippen molar-refractivity contribution in [3.05, 3.63) is 18.0 Å². The summed E-state index contributed by atoms with van der Waals surface area (Å²) in [7, 11) is -0.605. The third-order valence-corrected chi connectivity index (χ3v) is 5.40. The van der Waals surface area contributed by atoms with Gasteiger partial charge in [0.05, 0.1) is 25.0 Å². The van der Waals surface area contributed by atoms with Crippen LogP contribution < -0.4 is 5.32 Å². The minimum Gasteiger partial charge on any atom is -0.379 e. The number of rotatable bonds is 5. The molecule has 1 fully saturated rings. The van der Waals surface area contributed by atoms with Crippen molar-refractivity contribution in [3.8, 4) is 0 Å². The van der Waals surface area contributed by atoms with E-state index < -0.39 is 33.9 Å². The Morgan fingerprint density at radius 1 is 1.39 bits per heavy atom. The molecule has 1 aromatic heterocycles. The number of hydrogen-bond donors (Lipinski definition) is 1. The summed E-state index contributed by atoms with van der Waals surface area (Å²) >= 11 is 0. The monoisotopic (exact) mass is 354 g/mol. The molecular weight excluding hydrogens is 337 g/mol. The molecule has 1 saturated heterocycles. The van der Waals surface area contributed by atoms with Gasteiger partial charge in [0.25, 0.3) is 0 Å². The molecule has 0 amide bonds. The van der Waals surface area contributed by atoms with Gasteiger partial charge in [-0.1, -0.05) is 0 Å². The fraction of sp³-hybridized carbons (Fsp3) is 0.667. The second-order valence-electron chi connectivity index (χ2n) is 5.37. The number of halogens is 3. The van der Waals surface area contributed by atoms with Gasteiger partial charge in [-0.15, -0.1) is 0 Å². The van der Waals surface area contributed by atoms with E-state index in [0.717, 1.165) is 16.6 Å². The Balaban J connectivity index is 2.10. The molecule has 0 radical (unpaired) electrons. The van der Waals surface area contributed by atoms with E-state index in [-0.39, 0.29) is 24.9 Å². The second kappa shape index (κ2) is 6.57. The molecule has 23 heavy (non-hydrogen) atoms. The average Bonchev–Trinajstić information content (AvgIpc) is 2.84. The fourth-order valence-electron chi connectivity index (χ4n) is 2.09. The van der Waals surface area contributed by atoms with Gasteiger partial charge in [0.1, 0.15) is 5.69 Å². The van der Waals surface area contributed by atoms with E-state index in [4.69, 9.17) is 4.74 Å². The summed E-state index contributed by atoms with van der Waals surface area (Å²) < 4.78 is 68.1. The standard InChI is InChI=1S/C12H17F3N4O3S/c1-19(2)23(20,21)7-8-5-22-6-9(8)17-11-16-4-3-10(18-11)12(13,14)15/h3-4,8-9H,5-7H2,1-2H3,(H,16,17,18)/t8-,9-/m0/s1. The lowest BCUT2D eigenvalue weighted by Crippen LogP contribution is -2.37. The number of nitrogens with zero attached hydrogens (tertiary/aromatic N) is 3. The predicted octanol–water partition coefficient (Wildman–Crippen LogP) is 0.814. The normalized spacial score (nSPS) is 22.5. The molecule has 1 aliphatic rings. The Morgan fingerprint density at radius 3 is 2.70 bits per heavy atom. The topological polar surface area (TPSA) is 84.4 Å². The number of sulfonamides is 1. The smallest absolute Gasteiger partial charge is 0.379 e. The van der Waals surface area contributed by atoms with Crippen LogP contribution in [-0.4, -0.2) is 61.8 Å². The lowest BCUT2D eigenvalue weighted by atomic mass is 10.1. The number of hydrogen-bond acceptors (Lipinski definition) is 6. The number of aromatic nitrogens is 2. The van der Waals surface area contributed by atoms with Crippen molar-refractivity contribution in [3.63, 3.8) is 0 Å². The molecule has 2 heterocycles. The largest absolute Gasteiger partial charge is 0.433 e. The summed E-state index contributed by atoms with van der Waals surface area (Å²) in [4.78, 5) is 7.16. The zero-order valence-electron chi connectivity index (χ0n) is 12.5. The Kier molecular flexibility index (Phi) is 5.11. The average molecular weight is 354 g/mol. The Morgan fingerprint density at radius 2 is 2.09 bits per heavy atom. The maximum absolute atomic E-state index is 12.6. The van der Waals surface area contributed by atoms with Crippen LogP contribution >= 0.6 is 0 Å². The van der Waals surface area contributed by atoms with Gasteiger partial charge in [-0.05, 0) is 6.07 Å². The molecule has 0 spiro atoms. The predicted molar refractivity (Wildman–Crippen MR) is 76.2 cm³/mol. The van der Waals surface area contributed by atoms with Crippen molar-refractivity contribution < 1.29 is 26.3 Å². The Labute approximate surface area is 131 Å². The maximum atomic E-state index is 12.6. The van der Waals surface area contributed by atoms with Crippen molar-refractivity contribution in [2.45, 2.75) is 12.2 Å². The summed E-state index contributed by atoms with van der Waals surface area (Å²) in [5.41, 5.74) is -1.06. The highest BCUT2D eigenvalue weighted by atomic mass is 32.2. The quantitative estimate of drug-likeness (QED) is 0.843. The third-order valence-electron chi connectivity index (χ3n) is 3.44. The highest BCUT2D eigenvalue weighted by Crippen LogP contribution is 2.28. The van der Waals surface area contributed by atoms with E-state index in [0.29, 0.717) is 0 Å². The van der Waals surface area contributed by atoms with E-state index in [1.165, 1.54) is 14.1 Å². The van der Waals surface area contributed by atoms with Crippen molar-refractivity contribution in [1.29, 1.82) is 0 Å². The second-order valence-corrected chi connectivity index (χ2v) is 7.60. The zero-order valence-corrected chi connectivity index (χ0v) is 13.4. The minimum atomic E-state index is -4.57.